The van der Waals surface area contributed by atoms with Crippen LogP contribution in [0.15, 0.2) is 42.6 Å². The molecule has 2 aromatic heterocycles. The van der Waals surface area contributed by atoms with Gasteiger partial charge in [-0.1, -0.05) is 48.0 Å². The van der Waals surface area contributed by atoms with E-state index in [2.05, 4.69) is 56.6 Å². The van der Waals surface area contributed by atoms with Gasteiger partial charge in [-0.2, -0.15) is 0 Å². The summed E-state index contributed by atoms with van der Waals surface area (Å²) < 4.78 is 5.43. The number of carbonyl (C=O) groups excluding carboxylic acids is 1. The number of nitrogens with two attached hydrogens (primary N) is 1. The lowest BCUT2D eigenvalue weighted by molar-refractivity contribution is -0.122. The maximum absolute atomic E-state index is 12.2. The van der Waals surface area contributed by atoms with Crippen LogP contribution < -0.4 is 11.1 Å². The Labute approximate surface area is 202 Å². The highest BCUT2D eigenvalue weighted by Crippen LogP contribution is 2.46. The van der Waals surface area contributed by atoms with E-state index in [1.807, 2.05) is 0 Å². The van der Waals surface area contributed by atoms with Crippen molar-refractivity contribution >= 4 is 34.4 Å². The Kier molecular flexibility index (Phi) is 5.51. The first-order valence-electron chi connectivity index (χ1n) is 11.7. The molecule has 4 atom stereocenters. The van der Waals surface area contributed by atoms with Crippen LogP contribution >= 0.6 is 11.6 Å². The van der Waals surface area contributed by atoms with Gasteiger partial charge in [0.05, 0.1) is 36.0 Å². The van der Waals surface area contributed by atoms with Crippen molar-refractivity contribution in [1.82, 2.24) is 19.9 Å². The van der Waals surface area contributed by atoms with E-state index < -0.39 is 0 Å². The number of amides is 1. The lowest BCUT2D eigenvalue weighted by atomic mass is 9.88. The van der Waals surface area contributed by atoms with Crippen LogP contribution in [0.1, 0.15) is 12.0 Å². The van der Waals surface area contributed by atoms with Crippen LogP contribution in [-0.4, -0.2) is 58.1 Å². The smallest absolute Gasteiger partial charge is 0.223 e. The van der Waals surface area contributed by atoms with Crippen molar-refractivity contribution in [3.05, 3.63) is 53.2 Å². The van der Waals surface area contributed by atoms with Crippen molar-refractivity contribution in [1.29, 1.82) is 0 Å². The number of ether oxygens (including phenoxy) is 1. The summed E-state index contributed by atoms with van der Waals surface area (Å²) in [6.45, 7) is 4.42. The van der Waals surface area contributed by atoms with E-state index in [0.717, 1.165) is 56.2 Å². The number of carbonyl (C=O) groups is 1. The number of nitrogens with one attached hydrogen (secondary N) is 2. The first-order chi connectivity index (χ1) is 16.6. The molecule has 3 aliphatic rings. The number of allylic oxidation sites excluding steroid dienone is 1. The Bertz CT molecular complexity index is 1250. The second-order valence-corrected chi connectivity index (χ2v) is 9.80. The molecule has 2 aliphatic carbocycles. The minimum atomic E-state index is -0.279. The first kappa shape index (κ1) is 21.6. The van der Waals surface area contributed by atoms with E-state index in [1.54, 1.807) is 6.20 Å². The molecule has 3 aromatic rings. The highest BCUT2D eigenvalue weighted by Gasteiger charge is 2.47. The maximum atomic E-state index is 12.2. The summed E-state index contributed by atoms with van der Waals surface area (Å²) in [5.41, 5.74) is 10.00. The molecule has 1 amide bonds. The average Bonchev–Trinajstić information content (AvgIpc) is 3.57. The number of H-pyrrole nitrogens is 1. The zero-order valence-corrected chi connectivity index (χ0v) is 19.5. The minimum absolute atomic E-state index is 0.0955. The molecule has 2 fully saturated rings. The Balaban J connectivity index is 1.27. The summed E-state index contributed by atoms with van der Waals surface area (Å²) in [4.78, 5) is 27.1. The Morgan fingerprint density at radius 3 is 2.74 bits per heavy atom. The van der Waals surface area contributed by atoms with Gasteiger partial charge in [0.25, 0.3) is 0 Å². The number of hydrogen-bond donors (Lipinski definition) is 3. The predicted octanol–water partition coefficient (Wildman–Crippen LogP) is 3.20. The fraction of sp³-hybridized carbons (Fsp3) is 0.400. The van der Waals surface area contributed by atoms with Crippen LogP contribution in [0.4, 0.5) is 5.69 Å². The van der Waals surface area contributed by atoms with E-state index >= 15 is 0 Å². The van der Waals surface area contributed by atoms with Crippen molar-refractivity contribution in [2.24, 2.45) is 23.5 Å². The first-order valence-corrected chi connectivity index (χ1v) is 12.1. The second-order valence-electron chi connectivity index (χ2n) is 9.40. The third kappa shape index (κ3) is 3.85. The lowest BCUT2D eigenvalue weighted by Crippen LogP contribution is -2.41. The van der Waals surface area contributed by atoms with Crippen LogP contribution in [-0.2, 0) is 16.1 Å². The molecule has 0 unspecified atom stereocenters. The van der Waals surface area contributed by atoms with Crippen molar-refractivity contribution in [2.45, 2.75) is 19.0 Å². The lowest BCUT2D eigenvalue weighted by Gasteiger charge is -2.28. The van der Waals surface area contributed by atoms with Gasteiger partial charge < -0.3 is 20.8 Å². The summed E-state index contributed by atoms with van der Waals surface area (Å²) >= 11 is 6.56. The van der Waals surface area contributed by atoms with E-state index in [9.17, 15) is 4.79 Å². The van der Waals surface area contributed by atoms with Gasteiger partial charge in [-0.3, -0.25) is 9.69 Å². The third-order valence-corrected chi connectivity index (χ3v) is 7.60. The van der Waals surface area contributed by atoms with E-state index in [1.165, 1.54) is 5.56 Å². The third-order valence-electron chi connectivity index (χ3n) is 7.31. The molecule has 0 radical (unpaired) electrons. The van der Waals surface area contributed by atoms with Crippen LogP contribution in [0, 0.1) is 17.8 Å². The van der Waals surface area contributed by atoms with Crippen LogP contribution in [0.25, 0.3) is 22.6 Å². The number of nitrogens with zero attached hydrogens (tertiary/aromatic N) is 3. The molecule has 6 rings (SSSR count). The molecule has 2 bridgehead atoms. The Hall–Kier alpha value is -2.94. The number of rotatable bonds is 6. The monoisotopic (exact) mass is 478 g/mol. The Morgan fingerprint density at radius 2 is 1.97 bits per heavy atom. The van der Waals surface area contributed by atoms with Gasteiger partial charge in [-0.05, 0) is 23.8 Å². The molecule has 34 heavy (non-hydrogen) atoms. The number of imidazole rings is 1. The molecule has 1 aliphatic heterocycles. The largest absolute Gasteiger partial charge is 0.379 e. The molecule has 3 heterocycles. The topological polar surface area (TPSA) is 109 Å². The summed E-state index contributed by atoms with van der Waals surface area (Å²) in [6.07, 6.45) is 6.82. The molecule has 1 aromatic carbocycles. The van der Waals surface area contributed by atoms with Gasteiger partial charge in [-0.15, -0.1) is 0 Å². The molecule has 1 saturated carbocycles. The van der Waals surface area contributed by atoms with Crippen LogP contribution in [0.2, 0.25) is 5.02 Å². The molecule has 1 saturated heterocycles. The van der Waals surface area contributed by atoms with E-state index in [-0.39, 0.29) is 29.7 Å². The van der Waals surface area contributed by atoms with Gasteiger partial charge in [0.2, 0.25) is 5.91 Å². The molecule has 4 N–H and O–H groups in total. The predicted molar refractivity (Wildman–Crippen MR) is 131 cm³/mol. The maximum Gasteiger partial charge on any atom is 0.223 e. The number of halogens is 1. The SMILES string of the molecule is NC(=O)[C@@H]1[C@H](Nc2c(Cl)cnc3nc(-c4ccc(CN5CCOCC5)cc4)[nH]c23)[C@@H]2C=C[C@@H]1C2. The molecular weight excluding hydrogens is 452 g/mol. The van der Waals surface area contributed by atoms with Gasteiger partial charge in [0.1, 0.15) is 11.3 Å². The van der Waals surface area contributed by atoms with Crippen molar-refractivity contribution < 1.29 is 9.53 Å². The summed E-state index contributed by atoms with van der Waals surface area (Å²) in [7, 11) is 0. The van der Waals surface area contributed by atoms with E-state index in [0.29, 0.717) is 16.4 Å². The molecule has 9 heteroatoms. The number of primary amides is 1. The summed E-state index contributed by atoms with van der Waals surface area (Å²) in [6, 6.07) is 8.33. The zero-order chi connectivity index (χ0) is 23.2. The minimum Gasteiger partial charge on any atom is -0.379 e. The molecule has 8 nitrogen and oxygen atoms in total. The standard InChI is InChI=1S/C25H27ClN6O2/c26-18-12-28-25-22(21(18)29-20-17-6-5-16(11-17)19(20)23(27)33)30-24(31-25)15-3-1-14(2-4-15)13-32-7-9-34-10-8-32/h1-6,12,16-17,19-20H,7-11,13H2,(H2,27,33)(H2,28,29,30,31)/t16-,17-,19+,20-/m1/s1. The number of benzene rings is 1. The van der Waals surface area contributed by atoms with E-state index in [4.69, 9.17) is 27.1 Å². The second kappa shape index (κ2) is 8.69. The zero-order valence-electron chi connectivity index (χ0n) is 18.7. The van der Waals surface area contributed by atoms with Gasteiger partial charge in [0, 0.05) is 31.2 Å². The fourth-order valence-electron chi connectivity index (χ4n) is 5.57. The number of aromatic amines is 1. The summed E-state index contributed by atoms with van der Waals surface area (Å²) in [5.74, 6) is 0.631. The van der Waals surface area contributed by atoms with Crippen LogP contribution in [0.3, 0.4) is 0 Å². The summed E-state index contributed by atoms with van der Waals surface area (Å²) in [5, 5.41) is 4.01. The van der Waals surface area contributed by atoms with Crippen molar-refractivity contribution in [2.75, 3.05) is 31.6 Å². The van der Waals surface area contributed by atoms with Crippen molar-refractivity contribution in [3.8, 4) is 11.4 Å². The number of morpholine rings is 1. The highest BCUT2D eigenvalue weighted by atomic mass is 35.5. The van der Waals surface area contributed by atoms with Gasteiger partial charge in [-0.25, -0.2) is 9.97 Å². The normalized spacial score (nSPS) is 26.4. The average molecular weight is 479 g/mol. The molecular formula is C25H27ClN6O2. The van der Waals surface area contributed by atoms with Gasteiger partial charge in [0.15, 0.2) is 5.65 Å². The molecule has 0 spiro atoms. The van der Waals surface area contributed by atoms with Gasteiger partial charge >= 0.3 is 0 Å². The van der Waals surface area contributed by atoms with Crippen LogP contribution in [0.5, 0.6) is 0 Å². The number of fused-ring (bicyclic) bond motifs is 3. The molecule has 176 valence electrons. The number of hydrogen-bond acceptors (Lipinski definition) is 6. The quantitative estimate of drug-likeness (QED) is 0.469. The highest BCUT2D eigenvalue weighted by molar-refractivity contribution is 6.34. The number of pyridine rings is 1. The Morgan fingerprint density at radius 1 is 1.21 bits per heavy atom. The number of anilines is 1. The van der Waals surface area contributed by atoms with Crippen molar-refractivity contribution in [3.63, 3.8) is 0 Å². The fourth-order valence-corrected chi connectivity index (χ4v) is 5.77. The number of aromatic nitrogens is 3.